The Morgan fingerprint density at radius 2 is 1.27 bits per heavy atom. The van der Waals surface area contributed by atoms with Crippen LogP contribution in [-0.2, 0) is 23.9 Å². The van der Waals surface area contributed by atoms with Crippen LogP contribution in [0.4, 0.5) is 5.69 Å². The molecule has 204 valence electrons. The number of nitrogens with zero attached hydrogens (tertiary/aromatic N) is 1. The van der Waals surface area contributed by atoms with Gasteiger partial charge in [0.1, 0.15) is 0 Å². The zero-order valence-corrected chi connectivity index (χ0v) is 22.6. The summed E-state index contributed by atoms with van der Waals surface area (Å²) in [5.74, 6) is -2.05. The van der Waals surface area contributed by atoms with Crippen LogP contribution in [0.3, 0.4) is 0 Å². The highest BCUT2D eigenvalue weighted by Crippen LogP contribution is 2.60. The van der Waals surface area contributed by atoms with Crippen molar-refractivity contribution in [1.29, 1.82) is 0 Å². The number of ether oxygens (including phenoxy) is 1. The number of nitrogens with one attached hydrogen (secondary N) is 1. The maximum absolute atomic E-state index is 13.6. The highest BCUT2D eigenvalue weighted by atomic mass is 35.5. The summed E-state index contributed by atoms with van der Waals surface area (Å²) >= 11 is 6.02. The van der Waals surface area contributed by atoms with E-state index in [1.807, 2.05) is 24.3 Å². The van der Waals surface area contributed by atoms with Crippen LogP contribution < -0.4 is 5.32 Å². The van der Waals surface area contributed by atoms with Gasteiger partial charge in [-0.05, 0) is 47.2 Å². The molecule has 0 unspecified atom stereocenters. The predicted molar refractivity (Wildman–Crippen MR) is 150 cm³/mol. The first-order valence-electron chi connectivity index (χ1n) is 13.7. The zero-order chi connectivity index (χ0) is 27.8. The van der Waals surface area contributed by atoms with E-state index in [-0.39, 0.29) is 41.9 Å². The molecule has 4 aliphatic rings. The minimum Gasteiger partial charge on any atom is -0.456 e. The van der Waals surface area contributed by atoms with E-state index in [1.54, 1.807) is 24.3 Å². The Balaban J connectivity index is 1.01. The van der Waals surface area contributed by atoms with Crippen molar-refractivity contribution >= 4 is 41.0 Å². The van der Waals surface area contributed by atoms with Crippen molar-refractivity contribution in [3.63, 3.8) is 0 Å². The number of carbonyl (C=O) groups is 4. The lowest BCUT2D eigenvalue weighted by atomic mass is 9.55. The van der Waals surface area contributed by atoms with Crippen molar-refractivity contribution in [2.75, 3.05) is 18.5 Å². The van der Waals surface area contributed by atoms with E-state index < -0.39 is 18.5 Å². The molecule has 2 atom stereocenters. The van der Waals surface area contributed by atoms with Gasteiger partial charge in [-0.1, -0.05) is 78.7 Å². The molecule has 0 radical (unpaired) electrons. The molecular weight excluding hydrogens is 528 g/mol. The fourth-order valence-corrected chi connectivity index (χ4v) is 6.83. The molecule has 3 aliphatic carbocycles. The van der Waals surface area contributed by atoms with Crippen LogP contribution >= 0.6 is 11.6 Å². The summed E-state index contributed by atoms with van der Waals surface area (Å²) in [6, 6.07) is 23.2. The second kappa shape index (κ2) is 10.9. The van der Waals surface area contributed by atoms with E-state index in [9.17, 15) is 19.2 Å². The summed E-state index contributed by atoms with van der Waals surface area (Å²) in [7, 11) is 0. The Kier molecular flexibility index (Phi) is 7.15. The molecule has 3 aromatic carbocycles. The number of carbonyl (C=O) groups excluding carboxylic acids is 4. The molecule has 0 saturated carbocycles. The van der Waals surface area contributed by atoms with E-state index in [1.165, 1.54) is 4.90 Å². The SMILES string of the molecule is O=C(COC(=O)CCCCCN1C(=O)[C@@H]2C3c4ccccc4C(c4ccccc43)[C@@H]2C1=O)Nc1ccccc1Cl. The predicted octanol–water partition coefficient (Wildman–Crippen LogP) is 5.27. The van der Waals surface area contributed by atoms with Gasteiger partial charge in [0.05, 0.1) is 22.5 Å². The monoisotopic (exact) mass is 556 g/mol. The molecule has 2 bridgehead atoms. The van der Waals surface area contributed by atoms with E-state index in [4.69, 9.17) is 16.3 Å². The Labute approximate surface area is 237 Å². The third-order valence-corrected chi connectivity index (χ3v) is 8.64. The van der Waals surface area contributed by atoms with E-state index in [0.717, 1.165) is 22.3 Å². The third-order valence-electron chi connectivity index (χ3n) is 8.31. The molecule has 1 N–H and O–H groups in total. The summed E-state index contributed by atoms with van der Waals surface area (Å²) in [4.78, 5) is 52.8. The fraction of sp³-hybridized carbons (Fsp3) is 0.312. The first-order chi connectivity index (χ1) is 19.5. The number of halogens is 1. The fourth-order valence-electron chi connectivity index (χ4n) is 6.64. The highest BCUT2D eigenvalue weighted by molar-refractivity contribution is 6.33. The summed E-state index contributed by atoms with van der Waals surface area (Å²) in [5.41, 5.74) is 5.10. The van der Waals surface area contributed by atoms with Gasteiger partial charge in [-0.2, -0.15) is 0 Å². The van der Waals surface area contributed by atoms with Crippen molar-refractivity contribution in [2.24, 2.45) is 11.8 Å². The maximum Gasteiger partial charge on any atom is 0.306 e. The van der Waals surface area contributed by atoms with Gasteiger partial charge in [0.25, 0.3) is 5.91 Å². The Hall–Kier alpha value is -3.97. The second-order valence-electron chi connectivity index (χ2n) is 10.6. The van der Waals surface area contributed by atoms with Crippen LogP contribution in [-0.4, -0.2) is 41.7 Å². The molecule has 0 aromatic heterocycles. The zero-order valence-electron chi connectivity index (χ0n) is 21.8. The van der Waals surface area contributed by atoms with Crippen LogP contribution in [0.15, 0.2) is 72.8 Å². The number of esters is 1. The van der Waals surface area contributed by atoms with Crippen molar-refractivity contribution < 1.29 is 23.9 Å². The van der Waals surface area contributed by atoms with Crippen molar-refractivity contribution in [2.45, 2.75) is 37.5 Å². The number of amides is 3. The van der Waals surface area contributed by atoms with Gasteiger partial charge in [-0.3, -0.25) is 24.1 Å². The number of likely N-dealkylation sites (tertiary alicyclic amines) is 1. The number of unbranched alkanes of at least 4 members (excludes halogenated alkanes) is 2. The summed E-state index contributed by atoms with van der Waals surface area (Å²) in [6.45, 7) is -0.0528. The Bertz CT molecular complexity index is 1390. The molecule has 0 spiro atoms. The minimum atomic E-state index is -0.472. The quantitative estimate of drug-likeness (QED) is 0.220. The number of hydrogen-bond donors (Lipinski definition) is 1. The molecule has 1 heterocycles. The Morgan fingerprint density at radius 3 is 1.82 bits per heavy atom. The van der Waals surface area contributed by atoms with Gasteiger partial charge >= 0.3 is 5.97 Å². The molecule has 3 amide bonds. The number of rotatable bonds is 9. The summed E-state index contributed by atoms with van der Waals surface area (Å²) in [5, 5.41) is 3.01. The lowest BCUT2D eigenvalue weighted by Crippen LogP contribution is -2.41. The normalized spacial score (nSPS) is 22.0. The largest absolute Gasteiger partial charge is 0.456 e. The topological polar surface area (TPSA) is 92.8 Å². The van der Waals surface area contributed by atoms with Crippen molar-refractivity contribution in [1.82, 2.24) is 4.90 Å². The number of imide groups is 1. The molecule has 1 saturated heterocycles. The standard InChI is InChI=1S/C32H29ClN2O5/c33-23-14-7-8-15-24(23)34-25(36)18-40-26(37)16-2-1-9-17-35-31(38)29-27-19-10-3-4-11-20(19)28(30(29)32(35)39)22-13-6-5-12-21(22)27/h3-8,10-15,27-30H,1-2,9,16-18H2,(H,34,36)/t27?,28?,29-,30+. The molecule has 8 heteroatoms. The molecule has 7 nitrogen and oxygen atoms in total. The molecule has 1 fully saturated rings. The van der Waals surface area contributed by atoms with Gasteiger partial charge in [0, 0.05) is 24.8 Å². The second-order valence-corrected chi connectivity index (χ2v) is 11.0. The first kappa shape index (κ1) is 26.3. The van der Waals surface area contributed by atoms with Crippen molar-refractivity contribution in [3.05, 3.63) is 100 Å². The number of benzene rings is 3. The maximum atomic E-state index is 13.6. The van der Waals surface area contributed by atoms with E-state index >= 15 is 0 Å². The number of anilines is 1. The lowest BCUT2D eigenvalue weighted by Gasteiger charge is -2.45. The Morgan fingerprint density at radius 1 is 0.750 bits per heavy atom. The molecule has 40 heavy (non-hydrogen) atoms. The van der Waals surface area contributed by atoms with Crippen LogP contribution in [0.2, 0.25) is 5.02 Å². The number of para-hydroxylation sites is 1. The summed E-state index contributed by atoms with van der Waals surface area (Å²) < 4.78 is 5.07. The van der Waals surface area contributed by atoms with Crippen molar-refractivity contribution in [3.8, 4) is 0 Å². The average molecular weight is 557 g/mol. The smallest absolute Gasteiger partial charge is 0.306 e. The van der Waals surface area contributed by atoms with Crippen LogP contribution in [0.25, 0.3) is 0 Å². The minimum absolute atomic E-state index is 0.0852. The van der Waals surface area contributed by atoms with Gasteiger partial charge in [0.2, 0.25) is 11.8 Å². The van der Waals surface area contributed by atoms with Crippen LogP contribution in [0.5, 0.6) is 0 Å². The van der Waals surface area contributed by atoms with E-state index in [0.29, 0.717) is 36.5 Å². The number of hydrogen-bond acceptors (Lipinski definition) is 5. The molecule has 7 rings (SSSR count). The van der Waals surface area contributed by atoms with Crippen LogP contribution in [0.1, 0.15) is 59.8 Å². The van der Waals surface area contributed by atoms with Gasteiger partial charge < -0.3 is 10.1 Å². The average Bonchev–Trinajstić information content (AvgIpc) is 3.22. The molecule has 3 aromatic rings. The first-order valence-corrected chi connectivity index (χ1v) is 14.1. The summed E-state index contributed by atoms with van der Waals surface area (Å²) in [6.07, 6.45) is 1.95. The third kappa shape index (κ3) is 4.58. The van der Waals surface area contributed by atoms with Gasteiger partial charge in [0.15, 0.2) is 6.61 Å². The lowest BCUT2D eigenvalue weighted by molar-refractivity contribution is -0.147. The van der Waals surface area contributed by atoms with Gasteiger partial charge in [-0.25, -0.2) is 0 Å². The van der Waals surface area contributed by atoms with Crippen LogP contribution in [0, 0.1) is 11.8 Å². The van der Waals surface area contributed by atoms with Gasteiger partial charge in [-0.15, -0.1) is 0 Å². The molecule has 1 aliphatic heterocycles. The van der Waals surface area contributed by atoms with E-state index in [2.05, 4.69) is 29.6 Å². The molecular formula is C32H29ClN2O5. The highest BCUT2D eigenvalue weighted by Gasteiger charge is 2.61.